The lowest BCUT2D eigenvalue weighted by Gasteiger charge is -2.25. The Bertz CT molecular complexity index is 1060. The molecular formula is C28H46F3N3O4S. The standard InChI is InChI=1S/C19H21F2N3O3S.C3H7FO.3C2H6/c1-4-17(22)19(2,3)28(26,27)11-12-9-14(6-7-15(12)21)24-18(25)16-8-5-13(20)10-23-16;1-5-3-2-4;3*1-2/h5-10,22H,4,11H2,1-3H3,(H,24,25);2-3H2,1H3;3*1-2H3. The highest BCUT2D eigenvalue weighted by atomic mass is 32.2. The monoisotopic (exact) mass is 577 g/mol. The molecule has 1 aromatic carbocycles. The van der Waals surface area contributed by atoms with E-state index in [0.29, 0.717) is 0 Å². The van der Waals surface area contributed by atoms with Crippen LogP contribution in [0.4, 0.5) is 18.9 Å². The second kappa shape index (κ2) is 22.1. The summed E-state index contributed by atoms with van der Waals surface area (Å²) in [7, 11) is -2.41. The second-order valence-electron chi connectivity index (χ2n) is 7.41. The van der Waals surface area contributed by atoms with Crippen molar-refractivity contribution in [1.29, 1.82) is 5.41 Å². The van der Waals surface area contributed by atoms with E-state index in [0.717, 1.165) is 18.3 Å². The van der Waals surface area contributed by atoms with Crippen LogP contribution in [0.2, 0.25) is 0 Å². The first-order chi connectivity index (χ1) is 18.4. The number of nitrogens with one attached hydrogen (secondary N) is 2. The summed E-state index contributed by atoms with van der Waals surface area (Å²) >= 11 is 0. The summed E-state index contributed by atoms with van der Waals surface area (Å²) in [5.74, 6) is -2.59. The lowest BCUT2D eigenvalue weighted by atomic mass is 10.1. The summed E-state index contributed by atoms with van der Waals surface area (Å²) in [4.78, 5) is 15.8. The highest BCUT2D eigenvalue weighted by molar-refractivity contribution is 7.92. The topological polar surface area (TPSA) is 109 Å². The minimum Gasteiger partial charge on any atom is -0.382 e. The van der Waals surface area contributed by atoms with E-state index in [1.807, 2.05) is 41.5 Å². The molecule has 11 heteroatoms. The molecule has 2 N–H and O–H groups in total. The van der Waals surface area contributed by atoms with Gasteiger partial charge in [0.05, 0.1) is 18.6 Å². The maximum absolute atomic E-state index is 14.2. The Balaban J connectivity index is -0.00000102. The number of aromatic nitrogens is 1. The Labute approximate surface area is 233 Å². The fourth-order valence-corrected chi connectivity index (χ4v) is 4.06. The largest absolute Gasteiger partial charge is 0.382 e. The summed E-state index contributed by atoms with van der Waals surface area (Å²) in [6.45, 7) is 16.4. The van der Waals surface area contributed by atoms with Crippen molar-refractivity contribution < 1.29 is 31.1 Å². The highest BCUT2D eigenvalue weighted by Gasteiger charge is 2.38. The van der Waals surface area contributed by atoms with Gasteiger partial charge >= 0.3 is 0 Å². The van der Waals surface area contributed by atoms with E-state index in [9.17, 15) is 26.4 Å². The fourth-order valence-electron chi connectivity index (χ4n) is 2.54. The molecule has 1 aromatic heterocycles. The van der Waals surface area contributed by atoms with Gasteiger partial charge in [-0.25, -0.2) is 26.6 Å². The average molecular weight is 578 g/mol. The van der Waals surface area contributed by atoms with E-state index in [1.165, 1.54) is 39.2 Å². The van der Waals surface area contributed by atoms with Crippen molar-refractivity contribution in [1.82, 2.24) is 4.98 Å². The van der Waals surface area contributed by atoms with Gasteiger partial charge in [0.25, 0.3) is 5.91 Å². The first-order valence-electron chi connectivity index (χ1n) is 13.0. The number of benzene rings is 1. The summed E-state index contributed by atoms with van der Waals surface area (Å²) in [6.07, 6.45) is 1.15. The van der Waals surface area contributed by atoms with Crippen molar-refractivity contribution in [3.05, 3.63) is 59.4 Å². The Morgan fingerprint density at radius 3 is 2.03 bits per heavy atom. The van der Waals surface area contributed by atoms with Crippen LogP contribution < -0.4 is 5.32 Å². The SMILES string of the molecule is CC.CC.CC.CCC(=N)C(C)(C)S(=O)(=O)Cc1cc(NC(=O)c2ccc(F)cn2)ccc1F.COCCF. The lowest BCUT2D eigenvalue weighted by Crippen LogP contribution is -2.40. The number of halogens is 3. The van der Waals surface area contributed by atoms with Gasteiger partial charge in [-0.1, -0.05) is 48.5 Å². The van der Waals surface area contributed by atoms with Crippen molar-refractivity contribution in [2.24, 2.45) is 0 Å². The zero-order chi connectivity index (χ0) is 31.2. The van der Waals surface area contributed by atoms with Gasteiger partial charge in [-0.15, -0.1) is 0 Å². The molecule has 0 fully saturated rings. The molecule has 0 saturated carbocycles. The van der Waals surface area contributed by atoms with E-state index in [-0.39, 0.29) is 42.4 Å². The lowest BCUT2D eigenvalue weighted by molar-refractivity contribution is 0.102. The molecule has 224 valence electrons. The smallest absolute Gasteiger partial charge is 0.274 e. The van der Waals surface area contributed by atoms with Crippen molar-refractivity contribution in [2.45, 2.75) is 79.2 Å². The quantitative estimate of drug-likeness (QED) is 0.302. The third-order valence-corrected chi connectivity index (χ3v) is 7.24. The van der Waals surface area contributed by atoms with Gasteiger partial charge in [0.2, 0.25) is 0 Å². The van der Waals surface area contributed by atoms with Gasteiger partial charge in [0.15, 0.2) is 9.84 Å². The number of methoxy groups -OCH3 is 1. The molecule has 0 atom stereocenters. The Kier molecular flexibility index (Phi) is 23.0. The van der Waals surface area contributed by atoms with E-state index >= 15 is 0 Å². The number of anilines is 1. The van der Waals surface area contributed by atoms with Crippen LogP contribution >= 0.6 is 0 Å². The predicted octanol–water partition coefficient (Wildman–Crippen LogP) is 7.42. The van der Waals surface area contributed by atoms with Crippen LogP contribution in [0, 0.1) is 17.0 Å². The molecular weight excluding hydrogens is 531 g/mol. The maximum atomic E-state index is 14.2. The first-order valence-corrected chi connectivity index (χ1v) is 14.6. The summed E-state index contributed by atoms with van der Waals surface area (Å²) < 4.78 is 66.3. The van der Waals surface area contributed by atoms with Crippen LogP contribution in [0.15, 0.2) is 36.5 Å². The highest BCUT2D eigenvalue weighted by Crippen LogP contribution is 2.26. The van der Waals surface area contributed by atoms with Crippen molar-refractivity contribution in [3.8, 4) is 0 Å². The third kappa shape index (κ3) is 14.2. The number of amides is 1. The van der Waals surface area contributed by atoms with Crippen molar-refractivity contribution in [2.75, 3.05) is 25.7 Å². The number of carbonyl (C=O) groups is 1. The minimum absolute atomic E-state index is 0.0275. The van der Waals surface area contributed by atoms with E-state index in [1.54, 1.807) is 6.92 Å². The van der Waals surface area contributed by atoms with Gasteiger partial charge < -0.3 is 15.5 Å². The number of sulfone groups is 1. The number of alkyl halides is 1. The van der Waals surface area contributed by atoms with Gasteiger partial charge in [-0.3, -0.25) is 4.79 Å². The molecule has 0 radical (unpaired) electrons. The Morgan fingerprint density at radius 2 is 1.62 bits per heavy atom. The first kappa shape index (κ1) is 40.7. The zero-order valence-electron chi connectivity index (χ0n) is 24.9. The molecule has 0 spiro atoms. The van der Waals surface area contributed by atoms with Crippen LogP contribution in [0.5, 0.6) is 0 Å². The molecule has 1 amide bonds. The number of hydrogen-bond acceptors (Lipinski definition) is 6. The summed E-state index contributed by atoms with van der Waals surface area (Å²) in [5, 5.41) is 10.4. The zero-order valence-corrected chi connectivity index (χ0v) is 25.7. The molecule has 0 aliphatic carbocycles. The van der Waals surface area contributed by atoms with Gasteiger partial charge in [0.1, 0.15) is 28.7 Å². The number of rotatable bonds is 9. The molecule has 39 heavy (non-hydrogen) atoms. The average Bonchev–Trinajstić information content (AvgIpc) is 2.94. The Hall–Kier alpha value is -2.79. The predicted molar refractivity (Wildman–Crippen MR) is 155 cm³/mol. The van der Waals surface area contributed by atoms with Crippen molar-refractivity contribution in [3.63, 3.8) is 0 Å². The molecule has 2 aromatic rings. The molecule has 0 aliphatic heterocycles. The van der Waals surface area contributed by atoms with Crippen LogP contribution in [-0.2, 0) is 20.3 Å². The van der Waals surface area contributed by atoms with E-state index in [2.05, 4.69) is 15.0 Å². The summed E-state index contributed by atoms with van der Waals surface area (Å²) in [5.41, 5.74) is 0.0325. The second-order valence-corrected chi connectivity index (χ2v) is 9.94. The summed E-state index contributed by atoms with van der Waals surface area (Å²) in [6, 6.07) is 5.83. The molecule has 1 heterocycles. The molecule has 0 aliphatic rings. The number of hydrogen-bond donors (Lipinski definition) is 2. The van der Waals surface area contributed by atoms with E-state index in [4.69, 9.17) is 5.41 Å². The Morgan fingerprint density at radius 1 is 1.05 bits per heavy atom. The van der Waals surface area contributed by atoms with Crippen molar-refractivity contribution >= 4 is 27.1 Å². The van der Waals surface area contributed by atoms with Gasteiger partial charge in [0, 0.05) is 24.1 Å². The van der Waals surface area contributed by atoms with Gasteiger partial charge in [-0.05, 0) is 50.6 Å². The molecule has 0 saturated heterocycles. The van der Waals surface area contributed by atoms with Crippen LogP contribution in [0.3, 0.4) is 0 Å². The van der Waals surface area contributed by atoms with E-state index < -0.39 is 37.9 Å². The fraction of sp³-hybridized carbons (Fsp3) is 0.536. The minimum atomic E-state index is -3.88. The normalized spacial score (nSPS) is 10.1. The number of ether oxygens (including phenoxy) is 1. The van der Waals surface area contributed by atoms with Crippen LogP contribution in [0.25, 0.3) is 0 Å². The third-order valence-electron chi connectivity index (χ3n) is 4.75. The molecule has 0 unspecified atom stereocenters. The maximum Gasteiger partial charge on any atom is 0.274 e. The van der Waals surface area contributed by atoms with Gasteiger partial charge in [-0.2, -0.15) is 0 Å². The number of carbonyl (C=O) groups excluding carboxylic acids is 1. The van der Waals surface area contributed by atoms with Crippen LogP contribution in [-0.4, -0.2) is 50.2 Å². The van der Waals surface area contributed by atoms with Crippen LogP contribution in [0.1, 0.15) is 84.8 Å². The molecule has 7 nitrogen and oxygen atoms in total. The number of nitrogens with zero attached hydrogens (tertiary/aromatic N) is 1. The number of pyridine rings is 1. The molecule has 2 rings (SSSR count). The molecule has 0 bridgehead atoms.